The summed E-state index contributed by atoms with van der Waals surface area (Å²) in [6.45, 7) is 6.21. The van der Waals surface area contributed by atoms with Crippen LogP contribution in [0.1, 0.15) is 45.6 Å². The molecule has 152 valence electrons. The molecule has 0 saturated carbocycles. The molecule has 0 spiro atoms. The molecule has 0 aliphatic carbocycles. The normalized spacial score (nSPS) is 12.6. The summed E-state index contributed by atoms with van der Waals surface area (Å²) in [6, 6.07) is 6.24. The van der Waals surface area contributed by atoms with Crippen molar-refractivity contribution in [2.75, 3.05) is 26.0 Å². The van der Waals surface area contributed by atoms with Gasteiger partial charge in [0.2, 0.25) is 5.91 Å². The third kappa shape index (κ3) is 9.96. The molecule has 2 amide bonds. The molecule has 1 aromatic rings. The van der Waals surface area contributed by atoms with Gasteiger partial charge in [-0.1, -0.05) is 12.1 Å². The van der Waals surface area contributed by atoms with E-state index in [0.717, 1.165) is 24.9 Å². The quantitative estimate of drug-likeness (QED) is 0.574. The topological polar surface area (TPSA) is 90.9 Å². The van der Waals surface area contributed by atoms with Crippen LogP contribution in [-0.2, 0) is 16.1 Å². The first-order valence-electron chi connectivity index (χ1n) is 9.25. The lowest BCUT2D eigenvalue weighted by Gasteiger charge is -2.23. The highest BCUT2D eigenvalue weighted by atomic mass is 16.6. The Hall–Kier alpha value is -2.12. The van der Waals surface area contributed by atoms with Gasteiger partial charge in [0.05, 0.1) is 6.61 Å². The number of benzene rings is 1. The average Bonchev–Trinajstić information content (AvgIpc) is 2.56. The predicted molar refractivity (Wildman–Crippen MR) is 107 cm³/mol. The van der Waals surface area contributed by atoms with Crippen LogP contribution in [0.4, 0.5) is 10.5 Å². The van der Waals surface area contributed by atoms with Crippen molar-refractivity contribution in [3.05, 3.63) is 29.8 Å². The van der Waals surface area contributed by atoms with Crippen molar-refractivity contribution in [1.29, 1.82) is 0 Å². The molecule has 0 saturated heterocycles. The van der Waals surface area contributed by atoms with E-state index >= 15 is 0 Å². The lowest BCUT2D eigenvalue weighted by Crippen LogP contribution is -2.45. The molecular formula is C20H33N3O4. The Bertz CT molecular complexity index is 594. The number of unbranched alkanes of at least 4 members (excludes halogenated alkanes) is 1. The van der Waals surface area contributed by atoms with Crippen LogP contribution in [0, 0.1) is 0 Å². The van der Waals surface area contributed by atoms with Crippen LogP contribution in [0.3, 0.4) is 0 Å². The van der Waals surface area contributed by atoms with Gasteiger partial charge in [0.25, 0.3) is 0 Å². The van der Waals surface area contributed by atoms with Gasteiger partial charge in [0.15, 0.2) is 0 Å². The summed E-state index contributed by atoms with van der Waals surface area (Å²) in [4.78, 5) is 26.8. The summed E-state index contributed by atoms with van der Waals surface area (Å²) in [7, 11) is 4.00. The molecule has 0 aliphatic rings. The molecule has 1 unspecified atom stereocenters. The molecule has 1 atom stereocenters. The fourth-order valence-electron chi connectivity index (χ4n) is 2.42. The number of nitrogens with one attached hydrogen (secondary N) is 2. The Balaban J connectivity index is 2.71. The molecule has 0 aliphatic heterocycles. The van der Waals surface area contributed by atoms with Gasteiger partial charge in [-0.25, -0.2) is 4.79 Å². The first-order valence-corrected chi connectivity index (χ1v) is 9.25. The minimum absolute atomic E-state index is 0.0527. The highest BCUT2D eigenvalue weighted by Gasteiger charge is 2.24. The van der Waals surface area contributed by atoms with Crippen molar-refractivity contribution < 1.29 is 19.4 Å². The summed E-state index contributed by atoms with van der Waals surface area (Å²) >= 11 is 0. The molecule has 27 heavy (non-hydrogen) atoms. The van der Waals surface area contributed by atoms with E-state index in [1.165, 1.54) is 0 Å². The number of carbonyl (C=O) groups excluding carboxylic acids is 2. The van der Waals surface area contributed by atoms with Crippen LogP contribution in [0.2, 0.25) is 0 Å². The van der Waals surface area contributed by atoms with E-state index in [-0.39, 0.29) is 12.5 Å². The number of hydrogen-bond donors (Lipinski definition) is 3. The number of rotatable bonds is 9. The van der Waals surface area contributed by atoms with Crippen molar-refractivity contribution in [1.82, 2.24) is 10.2 Å². The monoisotopic (exact) mass is 379 g/mol. The number of ether oxygens (including phenoxy) is 1. The number of anilines is 1. The van der Waals surface area contributed by atoms with Crippen LogP contribution in [0.25, 0.3) is 0 Å². The Morgan fingerprint density at radius 1 is 1.15 bits per heavy atom. The Morgan fingerprint density at radius 2 is 1.78 bits per heavy atom. The van der Waals surface area contributed by atoms with Crippen LogP contribution in [0.15, 0.2) is 24.3 Å². The lowest BCUT2D eigenvalue weighted by molar-refractivity contribution is -0.118. The third-order valence-corrected chi connectivity index (χ3v) is 3.76. The Morgan fingerprint density at radius 3 is 2.30 bits per heavy atom. The molecule has 7 heteroatoms. The predicted octanol–water partition coefficient (Wildman–Crippen LogP) is 2.74. The van der Waals surface area contributed by atoms with Gasteiger partial charge < -0.3 is 25.4 Å². The zero-order chi connectivity index (χ0) is 20.4. The van der Waals surface area contributed by atoms with Crippen molar-refractivity contribution in [3.63, 3.8) is 0 Å². The van der Waals surface area contributed by atoms with Gasteiger partial charge >= 0.3 is 6.09 Å². The van der Waals surface area contributed by atoms with Crippen LogP contribution in [0.5, 0.6) is 0 Å². The number of hydrogen-bond acceptors (Lipinski definition) is 5. The van der Waals surface area contributed by atoms with Gasteiger partial charge in [-0.05, 0) is 78.4 Å². The van der Waals surface area contributed by atoms with Crippen molar-refractivity contribution in [3.8, 4) is 0 Å². The summed E-state index contributed by atoms with van der Waals surface area (Å²) in [5.74, 6) is -0.289. The number of amides is 2. The first-order chi connectivity index (χ1) is 12.6. The minimum atomic E-state index is -0.681. The molecule has 7 nitrogen and oxygen atoms in total. The maximum Gasteiger partial charge on any atom is 0.408 e. The van der Waals surface area contributed by atoms with E-state index in [1.807, 2.05) is 14.1 Å². The van der Waals surface area contributed by atoms with Crippen LogP contribution in [-0.4, -0.2) is 54.3 Å². The Labute approximate surface area is 162 Å². The minimum Gasteiger partial charge on any atom is -0.444 e. The second-order valence-corrected chi connectivity index (χ2v) is 7.84. The zero-order valence-corrected chi connectivity index (χ0v) is 17.0. The summed E-state index contributed by atoms with van der Waals surface area (Å²) in [6.07, 6.45) is 1.65. The summed E-state index contributed by atoms with van der Waals surface area (Å²) < 4.78 is 5.28. The van der Waals surface area contributed by atoms with E-state index in [9.17, 15) is 9.59 Å². The molecular weight excluding hydrogens is 346 g/mol. The SMILES string of the molecule is CN(C)CCCCC(NC(=O)OC(C)(C)C)C(=O)Nc1ccc(CO)cc1. The highest BCUT2D eigenvalue weighted by molar-refractivity contribution is 5.96. The molecule has 0 radical (unpaired) electrons. The Kier molecular flexibility index (Phi) is 9.25. The van der Waals surface area contributed by atoms with Gasteiger partial charge in [-0.3, -0.25) is 4.79 Å². The van der Waals surface area contributed by atoms with Crippen molar-refractivity contribution in [2.45, 2.75) is 58.3 Å². The average molecular weight is 380 g/mol. The number of aliphatic hydroxyl groups excluding tert-OH is 1. The first kappa shape index (κ1) is 22.9. The summed E-state index contributed by atoms with van der Waals surface area (Å²) in [5.41, 5.74) is 0.748. The standard InChI is InChI=1S/C20H33N3O4/c1-20(2,3)27-19(26)22-17(8-6-7-13-23(4)5)18(25)21-16-11-9-15(14-24)10-12-16/h9-12,17,24H,6-8,13-14H2,1-5H3,(H,21,25)(H,22,26). The van der Waals surface area contributed by atoms with Crippen molar-refractivity contribution >= 4 is 17.7 Å². The molecule has 1 rings (SSSR count). The second kappa shape index (κ2) is 10.9. The van der Waals surface area contributed by atoms with Crippen molar-refractivity contribution in [2.24, 2.45) is 0 Å². The van der Waals surface area contributed by atoms with Gasteiger partial charge in [-0.2, -0.15) is 0 Å². The van der Waals surface area contributed by atoms with E-state index in [4.69, 9.17) is 9.84 Å². The van der Waals surface area contributed by atoms with E-state index in [2.05, 4.69) is 15.5 Å². The number of aliphatic hydroxyl groups is 1. The number of carbonyl (C=O) groups is 2. The number of nitrogens with zero attached hydrogens (tertiary/aromatic N) is 1. The zero-order valence-electron chi connectivity index (χ0n) is 17.0. The number of alkyl carbamates (subject to hydrolysis) is 1. The smallest absolute Gasteiger partial charge is 0.408 e. The maximum atomic E-state index is 12.7. The largest absolute Gasteiger partial charge is 0.444 e. The van der Waals surface area contributed by atoms with E-state index in [1.54, 1.807) is 45.0 Å². The third-order valence-electron chi connectivity index (χ3n) is 3.76. The van der Waals surface area contributed by atoms with E-state index in [0.29, 0.717) is 12.1 Å². The van der Waals surface area contributed by atoms with Gasteiger partial charge in [0.1, 0.15) is 11.6 Å². The van der Waals surface area contributed by atoms with Crippen LogP contribution >= 0.6 is 0 Å². The fraction of sp³-hybridized carbons (Fsp3) is 0.600. The molecule has 1 aromatic carbocycles. The van der Waals surface area contributed by atoms with E-state index < -0.39 is 17.7 Å². The molecule has 0 aromatic heterocycles. The van der Waals surface area contributed by atoms with Gasteiger partial charge in [0, 0.05) is 5.69 Å². The lowest BCUT2D eigenvalue weighted by atomic mass is 10.1. The molecule has 3 N–H and O–H groups in total. The summed E-state index contributed by atoms with van der Waals surface area (Å²) in [5, 5.41) is 14.6. The second-order valence-electron chi connectivity index (χ2n) is 7.84. The molecule has 0 fully saturated rings. The van der Waals surface area contributed by atoms with Gasteiger partial charge in [-0.15, -0.1) is 0 Å². The maximum absolute atomic E-state index is 12.7. The highest BCUT2D eigenvalue weighted by Crippen LogP contribution is 2.13. The molecule has 0 bridgehead atoms. The van der Waals surface area contributed by atoms with Crippen LogP contribution < -0.4 is 10.6 Å². The molecule has 0 heterocycles. The fourth-order valence-corrected chi connectivity index (χ4v) is 2.42.